The number of nitrogens with zero attached hydrogens (tertiary/aromatic N) is 14. The van der Waals surface area contributed by atoms with E-state index in [1.807, 2.05) is 76.2 Å². The first-order valence-electron chi connectivity index (χ1n) is 27.1. The average molecular weight is 1130 g/mol. The molecule has 11 aromatic rings. The number of carbonyl (C=O) groups excluding carboxylic acids is 6. The van der Waals surface area contributed by atoms with Crippen LogP contribution in [0.1, 0.15) is 84.4 Å². The summed E-state index contributed by atoms with van der Waals surface area (Å²) in [5.74, 6) is -1.78. The SMILES string of the molecule is Cc1ccc(N=Nc2ccc3c(c2)C(=O)N(c2ccc(N4C(=O)c5ccc(N=Nc6ccc7c(c6)-c6nc8cc(N=Nc9ccc%10nc%11n(c%10c9)C(=O)c9cc(N=Nc%10ccc(C)c(C)c%10)ccc9-%11)ccc8n6C7=O)cc5C4=O)cc2)C3=O)cc1C. The molecule has 9 aromatic carbocycles. The van der Waals surface area contributed by atoms with E-state index in [0.29, 0.717) is 95.8 Å². The zero-order chi connectivity index (χ0) is 58.8. The van der Waals surface area contributed by atoms with Crippen LogP contribution in [0.2, 0.25) is 0 Å². The molecule has 4 amide bonds. The summed E-state index contributed by atoms with van der Waals surface area (Å²) in [5.41, 5.74) is 14.0. The molecule has 0 N–H and O–H groups in total. The predicted octanol–water partition coefficient (Wildman–Crippen LogP) is 16.2. The van der Waals surface area contributed by atoms with Gasteiger partial charge in [-0.1, -0.05) is 12.1 Å². The second kappa shape index (κ2) is 19.3. The summed E-state index contributed by atoms with van der Waals surface area (Å²) in [4.78, 5) is 94.2. The van der Waals surface area contributed by atoms with Crippen molar-refractivity contribution in [3.63, 3.8) is 0 Å². The number of fused-ring (bicyclic) bond motifs is 12. The number of carbonyl (C=O) groups is 6. The lowest BCUT2D eigenvalue weighted by molar-refractivity contribution is 0.0909. The molecule has 86 heavy (non-hydrogen) atoms. The minimum absolute atomic E-state index is 0.113. The highest BCUT2D eigenvalue weighted by Crippen LogP contribution is 2.42. The zero-order valence-electron chi connectivity index (χ0n) is 45.9. The van der Waals surface area contributed by atoms with Gasteiger partial charge in [-0.15, -0.1) is 0 Å². The van der Waals surface area contributed by atoms with Gasteiger partial charge in [-0.3, -0.25) is 37.9 Å². The van der Waals surface area contributed by atoms with Crippen LogP contribution in [0.5, 0.6) is 0 Å². The maximum absolute atomic E-state index is 13.9. The Morgan fingerprint density at radius 3 is 1.10 bits per heavy atom. The van der Waals surface area contributed by atoms with Gasteiger partial charge in [0.15, 0.2) is 0 Å². The van der Waals surface area contributed by atoms with Gasteiger partial charge in [0.25, 0.3) is 35.4 Å². The van der Waals surface area contributed by atoms with Gasteiger partial charge in [0.2, 0.25) is 0 Å². The third-order valence-corrected chi connectivity index (χ3v) is 15.8. The fourth-order valence-electron chi connectivity index (χ4n) is 11.0. The molecule has 0 unspecified atom stereocenters. The predicted molar refractivity (Wildman–Crippen MR) is 320 cm³/mol. The number of imidazole rings is 2. The van der Waals surface area contributed by atoms with Gasteiger partial charge in [0, 0.05) is 11.1 Å². The summed E-state index contributed by atoms with van der Waals surface area (Å²) < 4.78 is 3.11. The maximum atomic E-state index is 13.9. The summed E-state index contributed by atoms with van der Waals surface area (Å²) in [5, 5.41) is 35.2. The number of imide groups is 2. The molecule has 15 rings (SSSR count). The Labute approximate surface area is 486 Å². The molecule has 20 nitrogen and oxygen atoms in total. The molecular weight excluding hydrogens is 1080 g/mol. The van der Waals surface area contributed by atoms with Crippen molar-refractivity contribution in [2.75, 3.05) is 9.80 Å². The first-order chi connectivity index (χ1) is 41.7. The van der Waals surface area contributed by atoms with Gasteiger partial charge >= 0.3 is 0 Å². The largest absolute Gasteiger partial charge is 0.268 e. The first-order valence-corrected chi connectivity index (χ1v) is 27.1. The summed E-state index contributed by atoms with van der Waals surface area (Å²) in [6, 6.07) is 47.8. The van der Waals surface area contributed by atoms with Crippen molar-refractivity contribution in [2.45, 2.75) is 27.7 Å². The second-order valence-corrected chi connectivity index (χ2v) is 21.2. The summed E-state index contributed by atoms with van der Waals surface area (Å²) in [6.07, 6.45) is 0. The fraction of sp³-hybridized carbons (Fsp3) is 0.0606. The Hall–Kier alpha value is -12.1. The summed E-state index contributed by atoms with van der Waals surface area (Å²) in [7, 11) is 0. The van der Waals surface area contributed by atoms with E-state index in [2.05, 4.69) is 40.9 Å². The average Bonchev–Trinajstić information content (AvgIpc) is 1.66. The number of benzene rings is 9. The molecule has 410 valence electrons. The first kappa shape index (κ1) is 50.9. The molecule has 0 aliphatic carbocycles. The number of rotatable bonds is 10. The molecular formula is C66H40N14O6. The van der Waals surface area contributed by atoms with Crippen LogP contribution in [0.25, 0.3) is 44.8 Å². The van der Waals surface area contributed by atoms with Gasteiger partial charge in [0.1, 0.15) is 11.6 Å². The topological polar surface area (TPSA) is 243 Å². The van der Waals surface area contributed by atoms with Crippen LogP contribution in [0.15, 0.2) is 211 Å². The molecule has 0 saturated carbocycles. The van der Waals surface area contributed by atoms with E-state index in [4.69, 9.17) is 9.97 Å². The molecule has 4 aliphatic rings. The van der Waals surface area contributed by atoms with Crippen molar-refractivity contribution in [2.24, 2.45) is 40.9 Å². The molecule has 20 heteroatoms. The van der Waals surface area contributed by atoms with Crippen LogP contribution in [-0.4, -0.2) is 54.5 Å². The van der Waals surface area contributed by atoms with Crippen molar-refractivity contribution < 1.29 is 28.8 Å². The lowest BCUT2D eigenvalue weighted by Gasteiger charge is -2.17. The number of hydrogen-bond acceptors (Lipinski definition) is 16. The monoisotopic (exact) mass is 1120 g/mol. The normalized spacial score (nSPS) is 14.2. The molecule has 2 aromatic heterocycles. The number of hydrogen-bond donors (Lipinski definition) is 0. The van der Waals surface area contributed by atoms with E-state index in [1.165, 1.54) is 47.0 Å². The van der Waals surface area contributed by atoms with Gasteiger partial charge in [-0.05, 0) is 208 Å². The van der Waals surface area contributed by atoms with Crippen molar-refractivity contribution in [1.82, 2.24) is 19.1 Å². The Morgan fingerprint density at radius 1 is 0.267 bits per heavy atom. The van der Waals surface area contributed by atoms with Crippen LogP contribution in [-0.2, 0) is 0 Å². The van der Waals surface area contributed by atoms with E-state index in [1.54, 1.807) is 83.4 Å². The summed E-state index contributed by atoms with van der Waals surface area (Å²) in [6.45, 7) is 8.05. The molecule has 0 fully saturated rings. The van der Waals surface area contributed by atoms with Crippen LogP contribution in [0.3, 0.4) is 0 Å². The molecule has 4 aliphatic heterocycles. The highest BCUT2D eigenvalue weighted by atomic mass is 16.2. The highest BCUT2D eigenvalue weighted by molar-refractivity contribution is 6.36. The number of anilines is 2. The van der Waals surface area contributed by atoms with E-state index >= 15 is 0 Å². The van der Waals surface area contributed by atoms with E-state index < -0.39 is 23.6 Å². The lowest BCUT2D eigenvalue weighted by atomic mass is 10.1. The van der Waals surface area contributed by atoms with Crippen molar-refractivity contribution in [3.8, 4) is 22.8 Å². The van der Waals surface area contributed by atoms with Gasteiger partial charge in [0.05, 0.1) is 112 Å². The zero-order valence-corrected chi connectivity index (χ0v) is 45.9. The second-order valence-electron chi connectivity index (χ2n) is 21.2. The molecule has 0 spiro atoms. The minimum Gasteiger partial charge on any atom is -0.268 e. The number of azo groups is 4. The van der Waals surface area contributed by atoms with Crippen LogP contribution in [0.4, 0.5) is 56.9 Å². The third-order valence-electron chi connectivity index (χ3n) is 15.8. The lowest BCUT2D eigenvalue weighted by Crippen LogP contribution is -2.30. The van der Waals surface area contributed by atoms with Crippen LogP contribution >= 0.6 is 0 Å². The molecule has 0 bridgehead atoms. The smallest absolute Gasteiger partial charge is 0.266 e. The number of aromatic nitrogens is 4. The summed E-state index contributed by atoms with van der Waals surface area (Å²) >= 11 is 0. The fourth-order valence-corrected chi connectivity index (χ4v) is 11.0. The van der Waals surface area contributed by atoms with Crippen LogP contribution in [0, 0.1) is 27.7 Å². The standard InChI is InChI=1S/C66H40N14O6/c1-33-5-7-37(25-35(33)3)69-72-40-9-19-47-52(28-40)66(86)80-58-32-44(13-23-55(58)67-59(47)80)76-75-43-14-24-57-56(31-43)68-60-51-27-39(10-20-48(51)63(83)79(57)60)71-74-42-12-22-50-54(30-42)65(85)78(62(50)82)46-17-15-45(16-18-46)77-61(81)49-21-11-41(29-53(49)64(77)84)73-70-38-8-6-34(2)36(4)26-38/h5-32H,1-4H3. The number of amides is 4. The quantitative estimate of drug-likeness (QED) is 0.0939. The van der Waals surface area contributed by atoms with Gasteiger partial charge < -0.3 is 0 Å². The third kappa shape index (κ3) is 8.21. The Kier molecular flexibility index (Phi) is 11.4. The van der Waals surface area contributed by atoms with Crippen molar-refractivity contribution in [3.05, 3.63) is 225 Å². The minimum atomic E-state index is -0.593. The Balaban J connectivity index is 0.620. The number of aryl methyl sites for hydroxylation is 4. The molecule has 0 radical (unpaired) electrons. The Morgan fingerprint density at radius 2 is 0.605 bits per heavy atom. The van der Waals surface area contributed by atoms with E-state index in [-0.39, 0.29) is 45.4 Å². The maximum Gasteiger partial charge on any atom is 0.266 e. The van der Waals surface area contributed by atoms with Gasteiger partial charge in [-0.2, -0.15) is 40.9 Å². The van der Waals surface area contributed by atoms with Crippen molar-refractivity contribution in [1.29, 1.82) is 0 Å². The van der Waals surface area contributed by atoms with Gasteiger partial charge in [-0.25, -0.2) is 19.8 Å². The highest BCUT2D eigenvalue weighted by Gasteiger charge is 2.40. The molecule has 0 atom stereocenters. The molecule has 6 heterocycles. The van der Waals surface area contributed by atoms with Crippen molar-refractivity contribution >= 4 is 114 Å². The van der Waals surface area contributed by atoms with Crippen LogP contribution < -0.4 is 9.80 Å². The van der Waals surface area contributed by atoms with E-state index in [0.717, 1.165) is 37.7 Å². The van der Waals surface area contributed by atoms with E-state index in [9.17, 15) is 28.8 Å². The Bertz CT molecular complexity index is 5090. The molecule has 0 saturated heterocycles.